The third-order valence-corrected chi connectivity index (χ3v) is 4.96. The lowest BCUT2D eigenvalue weighted by Crippen LogP contribution is -2.32. The van der Waals surface area contributed by atoms with Gasteiger partial charge in [0, 0.05) is 26.7 Å². The smallest absolute Gasteiger partial charge is 0.195 e. The molecule has 0 bridgehead atoms. The van der Waals surface area contributed by atoms with E-state index in [4.69, 9.17) is 0 Å². The summed E-state index contributed by atoms with van der Waals surface area (Å²) in [6.45, 7) is 5.76. The van der Waals surface area contributed by atoms with Gasteiger partial charge in [-0.15, -0.1) is 0 Å². The van der Waals surface area contributed by atoms with E-state index in [1.165, 1.54) is 8.61 Å². The van der Waals surface area contributed by atoms with E-state index < -0.39 is 10.2 Å². The molecule has 0 amide bonds. The molecule has 0 N–H and O–H groups in total. The maximum Gasteiger partial charge on any atom is 0.282 e. The van der Waals surface area contributed by atoms with Crippen molar-refractivity contribution in [1.82, 2.24) is 8.61 Å². The van der Waals surface area contributed by atoms with Crippen LogP contribution in [0, 0.1) is 13.8 Å². The molecule has 17 heavy (non-hydrogen) atoms. The molecule has 1 aromatic carbocycles. The maximum atomic E-state index is 11.9. The average Bonchev–Trinajstić information content (AvgIpc) is 3.07. The number of aryl methyl sites for hydroxylation is 2. The number of hydrogen-bond donors (Lipinski definition) is 0. The highest BCUT2D eigenvalue weighted by Gasteiger charge is 2.35. The van der Waals surface area contributed by atoms with Crippen molar-refractivity contribution in [1.29, 1.82) is 0 Å². The zero-order valence-electron chi connectivity index (χ0n) is 10.5. The summed E-state index contributed by atoms with van der Waals surface area (Å²) in [5.74, 6) is 0. The van der Waals surface area contributed by atoms with Gasteiger partial charge >= 0.3 is 0 Å². The van der Waals surface area contributed by atoms with Crippen LogP contribution in [0.2, 0.25) is 0 Å². The van der Waals surface area contributed by atoms with E-state index in [0.29, 0.717) is 19.6 Å². The maximum absolute atomic E-state index is 11.9. The summed E-state index contributed by atoms with van der Waals surface area (Å²) in [4.78, 5) is 0. The summed E-state index contributed by atoms with van der Waals surface area (Å²) in [6, 6.07) is 6.11. The van der Waals surface area contributed by atoms with Gasteiger partial charge in [-0.2, -0.15) is 17.0 Å². The number of hydrogen-bond acceptors (Lipinski definition) is 2. The Kier molecular flexibility index (Phi) is 3.25. The molecule has 1 saturated heterocycles. The van der Waals surface area contributed by atoms with E-state index >= 15 is 0 Å². The topological polar surface area (TPSA) is 40.4 Å². The highest BCUT2D eigenvalue weighted by Crippen LogP contribution is 2.19. The summed E-state index contributed by atoms with van der Waals surface area (Å²) in [6.07, 6.45) is 0. The lowest BCUT2D eigenvalue weighted by Gasteiger charge is -2.18. The first-order valence-corrected chi connectivity index (χ1v) is 7.08. The molecule has 0 saturated carbocycles. The predicted molar refractivity (Wildman–Crippen MR) is 67.9 cm³/mol. The Morgan fingerprint density at radius 3 is 2.53 bits per heavy atom. The minimum absolute atomic E-state index is 0.437. The third-order valence-electron chi connectivity index (χ3n) is 3.02. The summed E-state index contributed by atoms with van der Waals surface area (Å²) >= 11 is 0. The standard InChI is InChI=1S/C12H18N2O2S/c1-10-4-5-11(2)12(8-10)9-13(3)17(15,16)14-6-7-14/h4-5,8H,6-7,9H2,1-3H3. The minimum atomic E-state index is -3.23. The monoisotopic (exact) mass is 254 g/mol. The molecule has 1 fully saturated rings. The molecule has 1 heterocycles. The first-order chi connectivity index (χ1) is 7.91. The van der Waals surface area contributed by atoms with E-state index in [-0.39, 0.29) is 0 Å². The molecule has 5 heteroatoms. The van der Waals surface area contributed by atoms with Crippen LogP contribution in [0.4, 0.5) is 0 Å². The van der Waals surface area contributed by atoms with Gasteiger partial charge in [-0.3, -0.25) is 0 Å². The molecule has 1 aromatic rings. The van der Waals surface area contributed by atoms with Gasteiger partial charge in [0.25, 0.3) is 10.2 Å². The molecule has 0 aliphatic carbocycles. The molecule has 0 atom stereocenters. The van der Waals surface area contributed by atoms with Crippen LogP contribution < -0.4 is 0 Å². The van der Waals surface area contributed by atoms with Crippen LogP contribution >= 0.6 is 0 Å². The van der Waals surface area contributed by atoms with Crippen LogP contribution in [-0.4, -0.2) is 37.2 Å². The first kappa shape index (κ1) is 12.5. The van der Waals surface area contributed by atoms with Crippen molar-refractivity contribution in [3.8, 4) is 0 Å². The molecule has 0 spiro atoms. The minimum Gasteiger partial charge on any atom is -0.195 e. The molecular formula is C12H18N2O2S. The van der Waals surface area contributed by atoms with E-state index in [1.54, 1.807) is 7.05 Å². The Morgan fingerprint density at radius 1 is 1.29 bits per heavy atom. The second-order valence-corrected chi connectivity index (χ2v) is 6.63. The Morgan fingerprint density at radius 2 is 1.94 bits per heavy atom. The molecule has 1 aliphatic rings. The molecule has 0 aromatic heterocycles. The van der Waals surface area contributed by atoms with Crippen LogP contribution in [0.25, 0.3) is 0 Å². The van der Waals surface area contributed by atoms with Crippen LogP contribution in [0.1, 0.15) is 16.7 Å². The molecule has 2 rings (SSSR count). The lowest BCUT2D eigenvalue weighted by molar-refractivity contribution is 0.438. The molecular weight excluding hydrogens is 236 g/mol. The van der Waals surface area contributed by atoms with Gasteiger partial charge in [0.1, 0.15) is 0 Å². The van der Waals surface area contributed by atoms with E-state index in [2.05, 4.69) is 0 Å². The average molecular weight is 254 g/mol. The highest BCUT2D eigenvalue weighted by atomic mass is 32.2. The van der Waals surface area contributed by atoms with Gasteiger partial charge < -0.3 is 0 Å². The molecule has 94 valence electrons. The molecule has 0 unspecified atom stereocenters. The van der Waals surface area contributed by atoms with Gasteiger partial charge in [-0.1, -0.05) is 23.8 Å². The summed E-state index contributed by atoms with van der Waals surface area (Å²) in [5.41, 5.74) is 3.35. The van der Waals surface area contributed by atoms with Crippen LogP contribution in [0.15, 0.2) is 18.2 Å². The van der Waals surface area contributed by atoms with Crippen molar-refractivity contribution < 1.29 is 8.42 Å². The zero-order chi connectivity index (χ0) is 12.6. The van der Waals surface area contributed by atoms with Crippen molar-refractivity contribution in [3.63, 3.8) is 0 Å². The SMILES string of the molecule is Cc1ccc(C)c(CN(C)S(=O)(=O)N2CC2)c1. The fourth-order valence-electron chi connectivity index (χ4n) is 1.76. The highest BCUT2D eigenvalue weighted by molar-refractivity contribution is 7.86. The number of nitrogens with zero attached hydrogens (tertiary/aromatic N) is 2. The number of rotatable bonds is 4. The second kappa shape index (κ2) is 4.40. The van der Waals surface area contributed by atoms with E-state index in [9.17, 15) is 8.42 Å². The lowest BCUT2D eigenvalue weighted by atomic mass is 10.1. The molecule has 4 nitrogen and oxygen atoms in total. The van der Waals surface area contributed by atoms with Crippen molar-refractivity contribution in [2.24, 2.45) is 0 Å². The Bertz CT molecular complexity index is 521. The largest absolute Gasteiger partial charge is 0.282 e. The van der Waals surface area contributed by atoms with Gasteiger partial charge in [-0.05, 0) is 25.0 Å². The summed E-state index contributed by atoms with van der Waals surface area (Å²) < 4.78 is 26.8. The Balaban J connectivity index is 2.18. The van der Waals surface area contributed by atoms with Crippen LogP contribution in [0.5, 0.6) is 0 Å². The fourth-order valence-corrected chi connectivity index (χ4v) is 3.00. The zero-order valence-corrected chi connectivity index (χ0v) is 11.3. The summed E-state index contributed by atoms with van der Waals surface area (Å²) in [7, 11) is -1.59. The van der Waals surface area contributed by atoms with Gasteiger partial charge in [0.15, 0.2) is 0 Å². The molecule has 1 aliphatic heterocycles. The van der Waals surface area contributed by atoms with Crippen LogP contribution in [0.3, 0.4) is 0 Å². The van der Waals surface area contributed by atoms with E-state index in [0.717, 1.165) is 16.7 Å². The second-order valence-electron chi connectivity index (χ2n) is 4.59. The third kappa shape index (κ3) is 2.68. The van der Waals surface area contributed by atoms with E-state index in [1.807, 2.05) is 32.0 Å². The predicted octanol–water partition coefficient (Wildman–Crippen LogP) is 1.30. The van der Waals surface area contributed by atoms with Gasteiger partial charge in [0.05, 0.1) is 0 Å². The summed E-state index contributed by atoms with van der Waals surface area (Å²) in [5, 5.41) is 0. The first-order valence-electron chi connectivity index (χ1n) is 5.69. The Labute approximate surface area is 103 Å². The molecule has 0 radical (unpaired) electrons. The van der Waals surface area contributed by atoms with Crippen molar-refractivity contribution in [3.05, 3.63) is 34.9 Å². The normalized spacial score (nSPS) is 16.5. The fraction of sp³-hybridized carbons (Fsp3) is 0.500. The Hall–Kier alpha value is -0.910. The number of benzene rings is 1. The van der Waals surface area contributed by atoms with Crippen molar-refractivity contribution >= 4 is 10.2 Å². The quantitative estimate of drug-likeness (QED) is 0.760. The van der Waals surface area contributed by atoms with Gasteiger partial charge in [0.2, 0.25) is 0 Å². The van der Waals surface area contributed by atoms with Crippen LogP contribution in [-0.2, 0) is 16.8 Å². The van der Waals surface area contributed by atoms with Crippen molar-refractivity contribution in [2.75, 3.05) is 20.1 Å². The van der Waals surface area contributed by atoms with Crippen molar-refractivity contribution in [2.45, 2.75) is 20.4 Å². The van der Waals surface area contributed by atoms with Gasteiger partial charge in [-0.25, -0.2) is 0 Å².